The molecular formula is C18H26N4O2. The number of carbonyl (C=O) groups is 1. The van der Waals surface area contributed by atoms with Crippen molar-refractivity contribution in [2.75, 3.05) is 20.6 Å². The van der Waals surface area contributed by atoms with Crippen LogP contribution in [0.1, 0.15) is 32.2 Å². The van der Waals surface area contributed by atoms with E-state index in [0.717, 1.165) is 12.1 Å². The second kappa shape index (κ2) is 7.57. The minimum absolute atomic E-state index is 0.0127. The first-order valence-electron chi connectivity index (χ1n) is 8.10. The first-order chi connectivity index (χ1) is 11.3. The molecule has 0 fully saturated rings. The number of amides is 1. The van der Waals surface area contributed by atoms with Gasteiger partial charge in [-0.05, 0) is 19.7 Å². The van der Waals surface area contributed by atoms with Gasteiger partial charge in [0.1, 0.15) is 0 Å². The van der Waals surface area contributed by atoms with Crippen molar-refractivity contribution in [3.05, 3.63) is 35.7 Å². The van der Waals surface area contributed by atoms with E-state index in [1.54, 1.807) is 0 Å². The van der Waals surface area contributed by atoms with Crippen LogP contribution in [0.25, 0.3) is 11.4 Å². The zero-order valence-corrected chi connectivity index (χ0v) is 15.1. The Morgan fingerprint density at radius 1 is 1.21 bits per heavy atom. The van der Waals surface area contributed by atoms with Gasteiger partial charge in [0.05, 0.1) is 0 Å². The average Bonchev–Trinajstić information content (AvgIpc) is 2.95. The Bertz CT molecular complexity index is 669. The lowest BCUT2D eigenvalue weighted by Gasteiger charge is -2.16. The van der Waals surface area contributed by atoms with Crippen LogP contribution in [0, 0.1) is 5.41 Å². The molecule has 0 spiro atoms. The molecule has 1 heterocycles. The minimum atomic E-state index is -0.395. The Labute approximate surface area is 143 Å². The number of hydrogen-bond donors (Lipinski definition) is 1. The summed E-state index contributed by atoms with van der Waals surface area (Å²) in [7, 11) is 4.08. The molecule has 0 aliphatic rings. The number of nitrogens with one attached hydrogen (secondary N) is 1. The molecule has 0 radical (unpaired) electrons. The summed E-state index contributed by atoms with van der Waals surface area (Å²) in [6.45, 7) is 7.03. The van der Waals surface area contributed by atoms with Crippen molar-refractivity contribution in [1.82, 2.24) is 20.4 Å². The fourth-order valence-electron chi connectivity index (χ4n) is 2.15. The summed E-state index contributed by atoms with van der Waals surface area (Å²) in [6, 6.07) is 8.12. The number of hydrogen-bond acceptors (Lipinski definition) is 5. The van der Waals surface area contributed by atoms with Gasteiger partial charge in [-0.2, -0.15) is 4.98 Å². The van der Waals surface area contributed by atoms with Crippen molar-refractivity contribution in [1.29, 1.82) is 0 Å². The molecule has 6 heteroatoms. The van der Waals surface area contributed by atoms with Gasteiger partial charge >= 0.3 is 0 Å². The van der Waals surface area contributed by atoms with E-state index >= 15 is 0 Å². The maximum atomic E-state index is 11.8. The summed E-state index contributed by atoms with van der Waals surface area (Å²) in [6.07, 6.45) is 0.521. The maximum Gasteiger partial charge on any atom is 0.228 e. The SMILES string of the molecule is CN(C)Cc1ccc(-c2noc(CCNC(=O)C(C)(C)C)n2)cc1. The standard InChI is InChI=1S/C18H26N4O2/c1-18(2,3)17(23)19-11-10-15-20-16(21-24-15)14-8-6-13(7-9-14)12-22(4)5/h6-9H,10-12H2,1-5H3,(H,19,23). The van der Waals surface area contributed by atoms with Crippen LogP contribution in [0.15, 0.2) is 28.8 Å². The topological polar surface area (TPSA) is 71.3 Å². The van der Waals surface area contributed by atoms with Gasteiger partial charge in [0.25, 0.3) is 0 Å². The lowest BCUT2D eigenvalue weighted by atomic mass is 9.96. The molecule has 0 atom stereocenters. The largest absolute Gasteiger partial charge is 0.355 e. The van der Waals surface area contributed by atoms with Crippen molar-refractivity contribution >= 4 is 5.91 Å². The number of carbonyl (C=O) groups excluding carboxylic acids is 1. The molecule has 1 aromatic carbocycles. The number of rotatable bonds is 6. The van der Waals surface area contributed by atoms with E-state index in [0.29, 0.717) is 24.7 Å². The normalized spacial score (nSPS) is 11.8. The van der Waals surface area contributed by atoms with Gasteiger partial charge in [0, 0.05) is 30.5 Å². The van der Waals surface area contributed by atoms with E-state index < -0.39 is 5.41 Å². The molecule has 2 rings (SSSR count). The smallest absolute Gasteiger partial charge is 0.228 e. The summed E-state index contributed by atoms with van der Waals surface area (Å²) in [5.41, 5.74) is 1.76. The van der Waals surface area contributed by atoms with Gasteiger partial charge in [0.2, 0.25) is 17.6 Å². The van der Waals surface area contributed by atoms with E-state index in [1.807, 2.05) is 47.0 Å². The minimum Gasteiger partial charge on any atom is -0.355 e. The quantitative estimate of drug-likeness (QED) is 0.881. The molecule has 1 amide bonds. The van der Waals surface area contributed by atoms with Crippen LogP contribution < -0.4 is 5.32 Å². The van der Waals surface area contributed by atoms with Gasteiger partial charge < -0.3 is 14.7 Å². The van der Waals surface area contributed by atoms with Crippen LogP contribution in [0.4, 0.5) is 0 Å². The van der Waals surface area contributed by atoms with Crippen LogP contribution in [0.2, 0.25) is 0 Å². The fourth-order valence-corrected chi connectivity index (χ4v) is 2.15. The van der Waals surface area contributed by atoms with Crippen LogP contribution in [-0.4, -0.2) is 41.6 Å². The molecule has 130 valence electrons. The third-order valence-corrected chi connectivity index (χ3v) is 3.48. The molecule has 0 aliphatic carbocycles. The van der Waals surface area contributed by atoms with E-state index in [4.69, 9.17) is 4.52 Å². The molecule has 1 N–H and O–H groups in total. The first-order valence-corrected chi connectivity index (χ1v) is 8.10. The Morgan fingerprint density at radius 3 is 2.46 bits per heavy atom. The fraction of sp³-hybridized carbons (Fsp3) is 0.500. The van der Waals surface area contributed by atoms with E-state index in [1.165, 1.54) is 5.56 Å². The Morgan fingerprint density at radius 2 is 1.88 bits per heavy atom. The van der Waals surface area contributed by atoms with Crippen molar-refractivity contribution in [2.45, 2.75) is 33.7 Å². The second-order valence-corrected chi connectivity index (χ2v) is 7.20. The third-order valence-electron chi connectivity index (χ3n) is 3.48. The molecule has 24 heavy (non-hydrogen) atoms. The van der Waals surface area contributed by atoms with Crippen LogP contribution in [-0.2, 0) is 17.8 Å². The molecule has 0 saturated heterocycles. The summed E-state index contributed by atoms with van der Waals surface area (Å²) in [5.74, 6) is 1.11. The molecule has 0 unspecified atom stereocenters. The van der Waals surface area contributed by atoms with E-state index in [-0.39, 0.29) is 5.91 Å². The van der Waals surface area contributed by atoms with Crippen LogP contribution >= 0.6 is 0 Å². The highest BCUT2D eigenvalue weighted by molar-refractivity contribution is 5.81. The summed E-state index contributed by atoms with van der Waals surface area (Å²) in [4.78, 5) is 18.3. The summed E-state index contributed by atoms with van der Waals surface area (Å²) < 4.78 is 5.26. The monoisotopic (exact) mass is 330 g/mol. The average molecular weight is 330 g/mol. The molecular weight excluding hydrogens is 304 g/mol. The highest BCUT2D eigenvalue weighted by Crippen LogP contribution is 2.17. The van der Waals surface area contributed by atoms with Crippen molar-refractivity contribution < 1.29 is 9.32 Å². The number of benzene rings is 1. The molecule has 0 bridgehead atoms. The Kier molecular flexibility index (Phi) is 5.72. The lowest BCUT2D eigenvalue weighted by Crippen LogP contribution is -2.35. The predicted octanol–water partition coefficient (Wildman–Crippen LogP) is 2.50. The maximum absolute atomic E-state index is 11.8. The van der Waals surface area contributed by atoms with Gasteiger partial charge in [-0.15, -0.1) is 0 Å². The van der Waals surface area contributed by atoms with Crippen LogP contribution in [0.3, 0.4) is 0 Å². The second-order valence-electron chi connectivity index (χ2n) is 7.20. The number of nitrogens with zero attached hydrogens (tertiary/aromatic N) is 3. The zero-order valence-electron chi connectivity index (χ0n) is 15.1. The summed E-state index contributed by atoms with van der Waals surface area (Å²) in [5, 5.41) is 6.89. The highest BCUT2D eigenvalue weighted by Gasteiger charge is 2.20. The highest BCUT2D eigenvalue weighted by atomic mass is 16.5. The van der Waals surface area contributed by atoms with Crippen molar-refractivity contribution in [2.24, 2.45) is 5.41 Å². The zero-order chi connectivity index (χ0) is 17.7. The van der Waals surface area contributed by atoms with Crippen molar-refractivity contribution in [3.63, 3.8) is 0 Å². The van der Waals surface area contributed by atoms with Gasteiger partial charge in [-0.3, -0.25) is 4.79 Å². The Hall–Kier alpha value is -2.21. The van der Waals surface area contributed by atoms with Gasteiger partial charge in [0.15, 0.2) is 0 Å². The van der Waals surface area contributed by atoms with Gasteiger partial charge in [-0.1, -0.05) is 50.2 Å². The molecule has 6 nitrogen and oxygen atoms in total. The van der Waals surface area contributed by atoms with E-state index in [2.05, 4.69) is 32.5 Å². The van der Waals surface area contributed by atoms with Crippen LogP contribution in [0.5, 0.6) is 0 Å². The van der Waals surface area contributed by atoms with Gasteiger partial charge in [-0.25, -0.2) is 0 Å². The summed E-state index contributed by atoms with van der Waals surface area (Å²) >= 11 is 0. The predicted molar refractivity (Wildman–Crippen MR) is 93.3 cm³/mol. The molecule has 0 saturated carbocycles. The Balaban J connectivity index is 1.92. The molecule has 2 aromatic rings. The third kappa shape index (κ3) is 5.16. The van der Waals surface area contributed by atoms with Crippen molar-refractivity contribution in [3.8, 4) is 11.4 Å². The van der Waals surface area contributed by atoms with E-state index in [9.17, 15) is 4.79 Å². The molecule has 0 aliphatic heterocycles. The molecule has 1 aromatic heterocycles. The lowest BCUT2D eigenvalue weighted by molar-refractivity contribution is -0.128. The number of aromatic nitrogens is 2. The first kappa shape index (κ1) is 18.1.